The lowest BCUT2D eigenvalue weighted by molar-refractivity contribution is 0.0983. The molecule has 2 aromatic rings. The molecule has 0 aliphatic carbocycles. The van der Waals surface area contributed by atoms with Crippen LogP contribution in [0.3, 0.4) is 0 Å². The highest BCUT2D eigenvalue weighted by Crippen LogP contribution is 2.29. The van der Waals surface area contributed by atoms with Crippen molar-refractivity contribution >= 4 is 17.1 Å². The van der Waals surface area contributed by atoms with E-state index in [1.54, 1.807) is 6.26 Å². The summed E-state index contributed by atoms with van der Waals surface area (Å²) < 4.78 is 5.31. The van der Waals surface area contributed by atoms with Gasteiger partial charge in [0, 0.05) is 6.42 Å². The maximum atomic E-state index is 11.9. The average molecular weight is 248 g/mol. The largest absolute Gasteiger partial charge is 0.464 e. The molecule has 0 aliphatic heterocycles. The molecule has 0 atom stereocenters. The smallest absolute Gasteiger partial charge is 0.172 e. The summed E-state index contributed by atoms with van der Waals surface area (Å²) >= 11 is 1.51. The van der Waals surface area contributed by atoms with E-state index in [4.69, 9.17) is 4.42 Å². The van der Waals surface area contributed by atoms with Gasteiger partial charge in [-0.3, -0.25) is 4.79 Å². The number of thiophene rings is 1. The third-order valence-electron chi connectivity index (χ3n) is 2.65. The van der Waals surface area contributed by atoms with Gasteiger partial charge in [-0.05, 0) is 30.7 Å². The van der Waals surface area contributed by atoms with E-state index in [1.807, 2.05) is 24.3 Å². The summed E-state index contributed by atoms with van der Waals surface area (Å²) in [5, 5.41) is 0. The van der Waals surface area contributed by atoms with Gasteiger partial charge in [-0.2, -0.15) is 0 Å². The highest BCUT2D eigenvalue weighted by atomic mass is 32.1. The van der Waals surface area contributed by atoms with Crippen LogP contribution in [-0.2, 0) is 0 Å². The van der Waals surface area contributed by atoms with Gasteiger partial charge in [0.25, 0.3) is 0 Å². The van der Waals surface area contributed by atoms with Gasteiger partial charge in [-0.1, -0.05) is 19.8 Å². The van der Waals surface area contributed by atoms with Gasteiger partial charge in [0.05, 0.1) is 16.0 Å². The number of hydrogen-bond acceptors (Lipinski definition) is 3. The first-order valence-corrected chi connectivity index (χ1v) is 6.80. The van der Waals surface area contributed by atoms with E-state index in [1.165, 1.54) is 11.3 Å². The lowest BCUT2D eigenvalue weighted by atomic mass is 10.1. The van der Waals surface area contributed by atoms with Crippen molar-refractivity contribution in [2.75, 3.05) is 0 Å². The first-order chi connectivity index (χ1) is 8.31. The summed E-state index contributed by atoms with van der Waals surface area (Å²) in [6, 6.07) is 7.63. The third-order valence-corrected chi connectivity index (χ3v) is 3.79. The van der Waals surface area contributed by atoms with E-state index in [9.17, 15) is 4.79 Å². The lowest BCUT2D eigenvalue weighted by Gasteiger charge is -1.96. The van der Waals surface area contributed by atoms with Crippen molar-refractivity contribution in [3.05, 3.63) is 35.4 Å². The molecule has 2 heterocycles. The summed E-state index contributed by atoms with van der Waals surface area (Å²) in [5.41, 5.74) is 0. The summed E-state index contributed by atoms with van der Waals surface area (Å²) in [5.74, 6) is 1.09. The minimum Gasteiger partial charge on any atom is -0.464 e. The Labute approximate surface area is 105 Å². The lowest BCUT2D eigenvalue weighted by Crippen LogP contribution is -1.94. The third kappa shape index (κ3) is 3.07. The predicted octanol–water partition coefficient (Wildman–Crippen LogP) is 4.77. The fraction of sp³-hybridized carbons (Fsp3) is 0.357. The highest BCUT2D eigenvalue weighted by molar-refractivity contribution is 7.17. The van der Waals surface area contributed by atoms with Gasteiger partial charge in [-0.25, -0.2) is 0 Å². The number of hydrogen-bond donors (Lipinski definition) is 0. The second-order valence-corrected chi connectivity index (χ2v) is 5.11. The first kappa shape index (κ1) is 12.1. The van der Waals surface area contributed by atoms with Crippen LogP contribution >= 0.6 is 11.3 Å². The zero-order chi connectivity index (χ0) is 12.1. The normalized spacial score (nSPS) is 10.6. The van der Waals surface area contributed by atoms with Crippen molar-refractivity contribution < 1.29 is 9.21 Å². The Hall–Kier alpha value is -1.35. The second kappa shape index (κ2) is 5.82. The number of unbranched alkanes of at least 4 members (excludes halogenated alkanes) is 2. The summed E-state index contributed by atoms with van der Waals surface area (Å²) in [6.07, 6.45) is 5.57. The fourth-order valence-electron chi connectivity index (χ4n) is 1.70. The molecule has 17 heavy (non-hydrogen) atoms. The van der Waals surface area contributed by atoms with Gasteiger partial charge in [-0.15, -0.1) is 11.3 Å². The minimum atomic E-state index is 0.251. The number of Topliss-reactive ketones (excluding diaryl/α,β-unsaturated/α-hetero) is 1. The first-order valence-electron chi connectivity index (χ1n) is 5.98. The number of furan rings is 1. The zero-order valence-corrected chi connectivity index (χ0v) is 10.8. The Morgan fingerprint density at radius 3 is 2.88 bits per heavy atom. The van der Waals surface area contributed by atoms with E-state index < -0.39 is 0 Å². The summed E-state index contributed by atoms with van der Waals surface area (Å²) in [7, 11) is 0. The molecule has 3 heteroatoms. The van der Waals surface area contributed by atoms with Crippen LogP contribution in [0, 0.1) is 0 Å². The van der Waals surface area contributed by atoms with E-state index in [2.05, 4.69) is 6.92 Å². The van der Waals surface area contributed by atoms with Crippen molar-refractivity contribution in [1.82, 2.24) is 0 Å². The van der Waals surface area contributed by atoms with Crippen LogP contribution < -0.4 is 0 Å². The molecule has 2 nitrogen and oxygen atoms in total. The maximum Gasteiger partial charge on any atom is 0.172 e. The van der Waals surface area contributed by atoms with E-state index in [-0.39, 0.29) is 5.78 Å². The minimum absolute atomic E-state index is 0.251. The Bertz CT molecular complexity index is 468. The van der Waals surface area contributed by atoms with Crippen molar-refractivity contribution in [2.45, 2.75) is 32.6 Å². The van der Waals surface area contributed by atoms with Crippen molar-refractivity contribution in [3.8, 4) is 10.6 Å². The van der Waals surface area contributed by atoms with Gasteiger partial charge in [0.2, 0.25) is 0 Å². The van der Waals surface area contributed by atoms with Crippen LogP contribution in [0.5, 0.6) is 0 Å². The molecule has 2 rings (SSSR count). The zero-order valence-electron chi connectivity index (χ0n) is 9.94. The molecule has 0 saturated carbocycles. The van der Waals surface area contributed by atoms with Crippen molar-refractivity contribution in [3.63, 3.8) is 0 Å². The quantitative estimate of drug-likeness (QED) is 0.544. The van der Waals surface area contributed by atoms with E-state index in [0.29, 0.717) is 6.42 Å². The maximum absolute atomic E-state index is 11.9. The molecule has 0 fully saturated rings. The van der Waals surface area contributed by atoms with Crippen LogP contribution in [-0.4, -0.2) is 5.78 Å². The topological polar surface area (TPSA) is 30.2 Å². The highest BCUT2D eigenvalue weighted by Gasteiger charge is 2.10. The molecule has 0 aliphatic rings. The standard InChI is InChI=1S/C14H16O2S/c1-2-3-4-6-11(15)13-8-9-14(17-13)12-7-5-10-16-12/h5,7-10H,2-4,6H2,1H3. The molecule has 2 aromatic heterocycles. The van der Waals surface area contributed by atoms with E-state index in [0.717, 1.165) is 34.8 Å². The Morgan fingerprint density at radius 2 is 2.18 bits per heavy atom. The van der Waals surface area contributed by atoms with Crippen LogP contribution in [0.1, 0.15) is 42.3 Å². The van der Waals surface area contributed by atoms with Gasteiger partial charge in [0.1, 0.15) is 5.76 Å². The average Bonchev–Trinajstić information content (AvgIpc) is 3.00. The Balaban J connectivity index is 2.01. The molecule has 0 N–H and O–H groups in total. The van der Waals surface area contributed by atoms with Gasteiger partial charge < -0.3 is 4.42 Å². The summed E-state index contributed by atoms with van der Waals surface area (Å²) in [4.78, 5) is 13.7. The molecule has 90 valence electrons. The van der Waals surface area contributed by atoms with Crippen molar-refractivity contribution in [2.24, 2.45) is 0 Å². The van der Waals surface area contributed by atoms with Crippen LogP contribution in [0.4, 0.5) is 0 Å². The number of carbonyl (C=O) groups excluding carboxylic acids is 1. The van der Waals surface area contributed by atoms with Gasteiger partial charge >= 0.3 is 0 Å². The monoisotopic (exact) mass is 248 g/mol. The number of carbonyl (C=O) groups is 1. The Kier molecular flexibility index (Phi) is 4.15. The second-order valence-electron chi connectivity index (χ2n) is 4.02. The van der Waals surface area contributed by atoms with Crippen LogP contribution in [0.25, 0.3) is 10.6 Å². The van der Waals surface area contributed by atoms with Crippen LogP contribution in [0.2, 0.25) is 0 Å². The molecular weight excluding hydrogens is 232 g/mol. The molecule has 0 saturated heterocycles. The molecular formula is C14H16O2S. The number of rotatable bonds is 6. The number of ketones is 1. The fourth-order valence-corrected chi connectivity index (χ4v) is 2.64. The SMILES string of the molecule is CCCCCC(=O)c1ccc(-c2ccco2)s1. The van der Waals surface area contributed by atoms with E-state index >= 15 is 0 Å². The Morgan fingerprint density at radius 1 is 1.29 bits per heavy atom. The molecule has 0 unspecified atom stereocenters. The summed E-state index contributed by atoms with van der Waals surface area (Å²) in [6.45, 7) is 2.14. The molecule has 0 spiro atoms. The molecule has 0 aromatic carbocycles. The predicted molar refractivity (Wildman–Crippen MR) is 70.5 cm³/mol. The van der Waals surface area contributed by atoms with Crippen molar-refractivity contribution in [1.29, 1.82) is 0 Å². The van der Waals surface area contributed by atoms with Crippen LogP contribution in [0.15, 0.2) is 34.9 Å². The molecule has 0 bridgehead atoms. The molecule has 0 amide bonds. The van der Waals surface area contributed by atoms with Gasteiger partial charge in [0.15, 0.2) is 5.78 Å². The molecule has 0 radical (unpaired) electrons.